The number of benzene rings is 1. The van der Waals surface area contributed by atoms with Gasteiger partial charge in [-0.2, -0.15) is 0 Å². The number of nitro groups is 1. The fourth-order valence-electron chi connectivity index (χ4n) is 0.926. The number of carbonyl (C=O) groups is 1. The zero-order chi connectivity index (χ0) is 11.6. The van der Waals surface area contributed by atoms with Crippen LogP contribution in [0.25, 0.3) is 0 Å². The van der Waals surface area contributed by atoms with Crippen LogP contribution in [-0.2, 0) is 0 Å². The lowest BCUT2D eigenvalue weighted by Gasteiger charge is -1.99. The van der Waals surface area contributed by atoms with Crippen LogP contribution in [0.2, 0.25) is 0 Å². The number of nitrogens with zero attached hydrogens (tertiary/aromatic N) is 2. The number of hydrogen-bond acceptors (Lipinski definition) is 6. The van der Waals surface area contributed by atoms with Crippen LogP contribution in [0.4, 0.5) is 11.4 Å². The van der Waals surface area contributed by atoms with Crippen LogP contribution < -0.4 is 0 Å². The van der Waals surface area contributed by atoms with Crippen LogP contribution in [0.1, 0.15) is 10.4 Å². The monoisotopic (exact) mass is 230 g/mol. The number of phenolic OH excluding ortho intramolecular Hbond substituents is 1. The van der Waals surface area contributed by atoms with Gasteiger partial charge in [-0.05, 0) is 22.8 Å². The molecule has 7 nitrogen and oxygen atoms in total. The molecule has 0 bridgehead atoms. The molecule has 1 N–H and O–H groups in total. The molecule has 0 atom stereocenters. The second-order valence-corrected chi connectivity index (χ2v) is 2.83. The van der Waals surface area contributed by atoms with Crippen LogP contribution in [0.15, 0.2) is 17.3 Å². The minimum Gasteiger partial charge on any atom is -0.501 e. The lowest BCUT2D eigenvalue weighted by molar-refractivity contribution is -0.385. The van der Waals surface area contributed by atoms with Gasteiger partial charge in [-0.25, -0.2) is 0 Å². The molecule has 0 saturated heterocycles. The Bertz CT molecular complexity index is 459. The quantitative estimate of drug-likeness (QED) is 0.370. The van der Waals surface area contributed by atoms with E-state index in [2.05, 4.69) is 5.18 Å². The lowest BCUT2D eigenvalue weighted by Crippen LogP contribution is -1.94. The Kier molecular flexibility index (Phi) is 2.96. The highest BCUT2D eigenvalue weighted by atomic mass is 35.5. The van der Waals surface area contributed by atoms with Gasteiger partial charge < -0.3 is 5.11 Å². The summed E-state index contributed by atoms with van der Waals surface area (Å²) in [6.45, 7) is 0. The van der Waals surface area contributed by atoms with E-state index in [0.717, 1.165) is 12.1 Å². The molecule has 0 heterocycles. The van der Waals surface area contributed by atoms with E-state index >= 15 is 0 Å². The fourth-order valence-corrected chi connectivity index (χ4v) is 1.04. The number of aromatic hydroxyl groups is 1. The number of hydrogen-bond donors (Lipinski definition) is 1. The minimum absolute atomic E-state index is 0.282. The molecule has 0 aliphatic carbocycles. The summed E-state index contributed by atoms with van der Waals surface area (Å²) in [4.78, 5) is 30.4. The molecule has 0 amide bonds. The summed E-state index contributed by atoms with van der Waals surface area (Å²) < 4.78 is 0. The minimum atomic E-state index is -0.983. The normalized spacial score (nSPS) is 9.67. The number of nitro benzene ring substituents is 1. The van der Waals surface area contributed by atoms with Crippen molar-refractivity contribution in [1.29, 1.82) is 0 Å². The van der Waals surface area contributed by atoms with E-state index in [-0.39, 0.29) is 5.56 Å². The van der Waals surface area contributed by atoms with Gasteiger partial charge in [0.2, 0.25) is 5.75 Å². The van der Waals surface area contributed by atoms with Crippen molar-refractivity contribution in [2.75, 3.05) is 0 Å². The molecular weight excluding hydrogens is 228 g/mol. The molecule has 0 fully saturated rings. The molecule has 1 rings (SSSR count). The van der Waals surface area contributed by atoms with E-state index in [4.69, 9.17) is 11.6 Å². The van der Waals surface area contributed by atoms with Crippen LogP contribution in [-0.4, -0.2) is 15.3 Å². The number of rotatable bonds is 3. The average Bonchev–Trinajstić information content (AvgIpc) is 2.17. The van der Waals surface area contributed by atoms with Crippen molar-refractivity contribution in [2.45, 2.75) is 0 Å². The number of nitroso groups, excluding NO2 is 1. The van der Waals surface area contributed by atoms with Crippen LogP contribution in [0.3, 0.4) is 0 Å². The van der Waals surface area contributed by atoms with Crippen molar-refractivity contribution in [3.63, 3.8) is 0 Å². The first-order chi connectivity index (χ1) is 6.97. The van der Waals surface area contributed by atoms with E-state index < -0.39 is 27.3 Å². The molecule has 8 heteroatoms. The maximum Gasteiger partial charge on any atom is 0.313 e. The summed E-state index contributed by atoms with van der Waals surface area (Å²) in [5.74, 6) is -0.892. The lowest BCUT2D eigenvalue weighted by atomic mass is 10.1. The average molecular weight is 231 g/mol. The molecule has 15 heavy (non-hydrogen) atoms. The third-order valence-electron chi connectivity index (χ3n) is 1.59. The summed E-state index contributed by atoms with van der Waals surface area (Å²) in [7, 11) is 0. The summed E-state index contributed by atoms with van der Waals surface area (Å²) in [5, 5.41) is 20.9. The van der Waals surface area contributed by atoms with Crippen LogP contribution in [0, 0.1) is 15.0 Å². The van der Waals surface area contributed by atoms with Crippen molar-refractivity contribution in [3.05, 3.63) is 32.7 Å². The largest absolute Gasteiger partial charge is 0.501 e. The van der Waals surface area contributed by atoms with E-state index in [0.29, 0.717) is 0 Å². The van der Waals surface area contributed by atoms with Gasteiger partial charge in [-0.1, -0.05) is 0 Å². The molecule has 0 unspecified atom stereocenters. The van der Waals surface area contributed by atoms with Gasteiger partial charge in [0.15, 0.2) is 5.69 Å². The predicted molar refractivity (Wildman–Crippen MR) is 50.4 cm³/mol. The third-order valence-corrected chi connectivity index (χ3v) is 1.81. The van der Waals surface area contributed by atoms with Gasteiger partial charge >= 0.3 is 5.69 Å². The van der Waals surface area contributed by atoms with Gasteiger partial charge in [0, 0.05) is 11.6 Å². The van der Waals surface area contributed by atoms with Gasteiger partial charge in [0.1, 0.15) is 0 Å². The topological polar surface area (TPSA) is 110 Å². The molecule has 0 saturated carbocycles. The molecule has 0 radical (unpaired) electrons. The fraction of sp³-hybridized carbons (Fsp3) is 0. The number of halogens is 1. The van der Waals surface area contributed by atoms with E-state index in [1.54, 1.807) is 0 Å². The summed E-state index contributed by atoms with van der Waals surface area (Å²) >= 11 is 5.07. The van der Waals surface area contributed by atoms with Gasteiger partial charge in [-0.15, -0.1) is 4.91 Å². The second-order valence-electron chi connectivity index (χ2n) is 2.49. The molecule has 0 aliphatic rings. The van der Waals surface area contributed by atoms with Gasteiger partial charge in [0.25, 0.3) is 5.24 Å². The molecular formula is C7H3ClN2O5. The third kappa shape index (κ3) is 2.08. The maximum absolute atomic E-state index is 10.7. The first-order valence-corrected chi connectivity index (χ1v) is 3.89. The number of carbonyl (C=O) groups excluding carboxylic acids is 1. The van der Waals surface area contributed by atoms with E-state index in [1.165, 1.54) is 0 Å². The highest BCUT2D eigenvalue weighted by Gasteiger charge is 2.21. The van der Waals surface area contributed by atoms with E-state index in [1.807, 2.05) is 0 Å². The Hall–Kier alpha value is -2.02. The van der Waals surface area contributed by atoms with Crippen molar-refractivity contribution in [1.82, 2.24) is 0 Å². The molecule has 1 aromatic carbocycles. The smallest absolute Gasteiger partial charge is 0.313 e. The SMILES string of the molecule is O=Nc1cc(C(=O)Cl)cc([N+](=O)[O-])c1O. The standard InChI is InChI=1S/C7H3ClN2O5/c8-7(12)3-1-4(9-13)6(11)5(2-3)10(14)15/h1-2,11H. The second kappa shape index (κ2) is 4.01. The molecule has 0 spiro atoms. The summed E-state index contributed by atoms with van der Waals surface area (Å²) in [6.07, 6.45) is 0. The Labute approximate surface area is 87.4 Å². The maximum atomic E-state index is 10.7. The van der Waals surface area contributed by atoms with Crippen molar-refractivity contribution >= 4 is 28.2 Å². The summed E-state index contributed by atoms with van der Waals surface area (Å²) in [6, 6.07) is 1.63. The predicted octanol–water partition coefficient (Wildman–Crippen LogP) is 2.08. The molecule has 78 valence electrons. The van der Waals surface area contributed by atoms with Gasteiger partial charge in [0.05, 0.1) is 4.92 Å². The number of phenols is 1. The zero-order valence-electron chi connectivity index (χ0n) is 7.01. The molecule has 0 aromatic heterocycles. The highest BCUT2D eigenvalue weighted by molar-refractivity contribution is 6.67. The highest BCUT2D eigenvalue weighted by Crippen LogP contribution is 2.37. The van der Waals surface area contributed by atoms with Crippen LogP contribution >= 0.6 is 11.6 Å². The van der Waals surface area contributed by atoms with Gasteiger partial charge in [-0.3, -0.25) is 14.9 Å². The zero-order valence-corrected chi connectivity index (χ0v) is 7.76. The Morgan fingerprint density at radius 2 is 2.13 bits per heavy atom. The van der Waals surface area contributed by atoms with Crippen LogP contribution in [0.5, 0.6) is 5.75 Å². The molecule has 1 aromatic rings. The Balaban J connectivity index is 3.51. The van der Waals surface area contributed by atoms with Crippen molar-refractivity contribution < 1.29 is 14.8 Å². The summed E-state index contributed by atoms with van der Waals surface area (Å²) in [5.41, 5.74) is -1.68. The van der Waals surface area contributed by atoms with E-state index in [9.17, 15) is 24.9 Å². The van der Waals surface area contributed by atoms with Crippen molar-refractivity contribution in [2.24, 2.45) is 5.18 Å². The van der Waals surface area contributed by atoms with Crippen molar-refractivity contribution in [3.8, 4) is 5.75 Å². The molecule has 0 aliphatic heterocycles. The first kappa shape index (κ1) is 11.1. The first-order valence-electron chi connectivity index (χ1n) is 3.52. The Morgan fingerprint density at radius 3 is 2.53 bits per heavy atom. The Morgan fingerprint density at radius 1 is 1.53 bits per heavy atom.